The second-order valence-electron chi connectivity index (χ2n) is 6.70. The summed E-state index contributed by atoms with van der Waals surface area (Å²) in [5.74, 6) is -0.260. The smallest absolute Gasteiger partial charge is 0.289 e. The molecule has 28 heavy (non-hydrogen) atoms. The number of carbonyl (C=O) groups excluding carboxylic acids is 1. The molecule has 2 N–H and O–H groups in total. The number of aromatic nitrogens is 1. The minimum Gasteiger partial charge on any atom is -0.324 e. The fourth-order valence-corrected chi connectivity index (χ4v) is 5.51. The molecule has 3 aliphatic heterocycles. The van der Waals surface area contributed by atoms with Gasteiger partial charge in [0, 0.05) is 24.3 Å². The number of hydrogen-bond acceptors (Lipinski definition) is 6. The maximum absolute atomic E-state index is 13.2. The van der Waals surface area contributed by atoms with Gasteiger partial charge in [-0.1, -0.05) is 29.5 Å². The minimum absolute atomic E-state index is 0.196. The average Bonchev–Trinajstić information content (AvgIpc) is 3.27. The summed E-state index contributed by atoms with van der Waals surface area (Å²) in [6.07, 6.45) is -0.405. The Morgan fingerprint density at radius 1 is 1.18 bits per heavy atom. The minimum atomic E-state index is -0.263. The van der Waals surface area contributed by atoms with E-state index in [1.54, 1.807) is 0 Å². The number of amides is 1. The van der Waals surface area contributed by atoms with Gasteiger partial charge in [-0.05, 0) is 32.1 Å². The SMILES string of the molecule is CCN1C(=S)N(CC)C2Nn3c(s/c(=C4\C(=O)Nc5ccccc54)c3=O)=NC21. The second kappa shape index (κ2) is 6.14. The van der Waals surface area contributed by atoms with Crippen LogP contribution in [0.4, 0.5) is 5.69 Å². The predicted octanol–water partition coefficient (Wildman–Crippen LogP) is -0.168. The largest absolute Gasteiger partial charge is 0.324 e. The van der Waals surface area contributed by atoms with Gasteiger partial charge in [0.1, 0.15) is 4.53 Å². The number of thiazole rings is 1. The molecule has 4 heterocycles. The van der Waals surface area contributed by atoms with E-state index in [1.807, 2.05) is 43.0 Å². The summed E-state index contributed by atoms with van der Waals surface area (Å²) in [5, 5.41) is 3.56. The highest BCUT2D eigenvalue weighted by atomic mass is 32.1. The van der Waals surface area contributed by atoms with Gasteiger partial charge in [0.25, 0.3) is 11.5 Å². The quantitative estimate of drug-likeness (QED) is 0.665. The van der Waals surface area contributed by atoms with Crippen LogP contribution < -0.4 is 25.6 Å². The Balaban J connectivity index is 1.73. The molecule has 1 aromatic heterocycles. The fraction of sp³-hybridized carbons (Fsp3) is 0.333. The van der Waals surface area contributed by atoms with Crippen LogP contribution >= 0.6 is 23.6 Å². The summed E-state index contributed by atoms with van der Waals surface area (Å²) >= 11 is 6.81. The monoisotopic (exact) mass is 414 g/mol. The normalized spacial score (nSPS) is 24.4. The number of benzene rings is 1. The molecule has 5 rings (SSSR count). The summed E-state index contributed by atoms with van der Waals surface area (Å²) < 4.78 is 1.84. The molecule has 0 spiro atoms. The lowest BCUT2D eigenvalue weighted by molar-refractivity contribution is -0.110. The van der Waals surface area contributed by atoms with E-state index in [9.17, 15) is 9.59 Å². The molecule has 0 aliphatic carbocycles. The van der Waals surface area contributed by atoms with Crippen LogP contribution in [0.1, 0.15) is 19.4 Å². The number of nitrogens with zero attached hydrogens (tertiary/aromatic N) is 4. The van der Waals surface area contributed by atoms with Gasteiger partial charge in [-0.15, -0.1) is 0 Å². The van der Waals surface area contributed by atoms with Crippen molar-refractivity contribution in [3.05, 3.63) is 49.5 Å². The molecule has 144 valence electrons. The van der Waals surface area contributed by atoms with E-state index in [-0.39, 0.29) is 23.8 Å². The molecule has 10 heteroatoms. The number of para-hydroxylation sites is 1. The van der Waals surface area contributed by atoms with Crippen LogP contribution in [-0.2, 0) is 4.79 Å². The average molecular weight is 415 g/mol. The van der Waals surface area contributed by atoms with Crippen molar-refractivity contribution in [1.82, 2.24) is 14.5 Å². The number of nitrogens with one attached hydrogen (secondary N) is 2. The van der Waals surface area contributed by atoms with Crippen molar-refractivity contribution in [1.29, 1.82) is 0 Å². The molecule has 1 saturated heterocycles. The van der Waals surface area contributed by atoms with E-state index in [1.165, 1.54) is 16.0 Å². The van der Waals surface area contributed by atoms with Crippen LogP contribution in [0.25, 0.3) is 5.57 Å². The fourth-order valence-electron chi connectivity index (χ4n) is 3.97. The van der Waals surface area contributed by atoms with Gasteiger partial charge in [-0.3, -0.25) is 15.0 Å². The number of carbonyl (C=O) groups is 1. The third-order valence-corrected chi connectivity index (χ3v) is 6.82. The van der Waals surface area contributed by atoms with Crippen molar-refractivity contribution >= 4 is 45.8 Å². The standard InChI is InChI=1S/C18H18N6O2S2/c1-3-22-13-14(23(4-2)18(22)27)21-24-16(26)12(28-17(24)20-13)11-9-7-5-6-8-10(9)19-15(11)25/h5-8,13-14,21H,3-4H2,1-2H3,(H,19,25)/b12-11-. The first kappa shape index (κ1) is 17.4. The molecule has 8 nitrogen and oxygen atoms in total. The Hall–Kier alpha value is -2.72. The number of likely N-dealkylation sites (N-methyl/N-ethyl adjacent to an activating group) is 2. The van der Waals surface area contributed by atoms with Gasteiger partial charge < -0.3 is 15.1 Å². The molecule has 0 saturated carbocycles. The van der Waals surface area contributed by atoms with E-state index in [0.717, 1.165) is 22.9 Å². The van der Waals surface area contributed by atoms with Crippen LogP contribution in [0.3, 0.4) is 0 Å². The number of thiocarbonyl (C=S) groups is 1. The second-order valence-corrected chi connectivity index (χ2v) is 8.04. The Morgan fingerprint density at radius 2 is 1.93 bits per heavy atom. The molecule has 1 amide bonds. The van der Waals surface area contributed by atoms with E-state index in [2.05, 4.69) is 15.6 Å². The highest BCUT2D eigenvalue weighted by molar-refractivity contribution is 7.80. The Labute approximate surface area is 169 Å². The first-order chi connectivity index (χ1) is 13.5. The molecular formula is C18H18N6O2S2. The maximum Gasteiger partial charge on any atom is 0.289 e. The summed E-state index contributed by atoms with van der Waals surface area (Å²) in [7, 11) is 0. The summed E-state index contributed by atoms with van der Waals surface area (Å²) in [6, 6.07) is 7.39. The van der Waals surface area contributed by atoms with Crippen LogP contribution in [0.2, 0.25) is 0 Å². The summed E-state index contributed by atoms with van der Waals surface area (Å²) in [4.78, 5) is 35.2. The van der Waals surface area contributed by atoms with Gasteiger partial charge in [-0.25, -0.2) is 4.99 Å². The van der Waals surface area contributed by atoms with Crippen molar-refractivity contribution in [2.75, 3.05) is 23.8 Å². The van der Waals surface area contributed by atoms with E-state index in [0.29, 0.717) is 21.5 Å². The van der Waals surface area contributed by atoms with Crippen molar-refractivity contribution in [2.45, 2.75) is 26.2 Å². The van der Waals surface area contributed by atoms with Crippen molar-refractivity contribution in [3.63, 3.8) is 0 Å². The topological polar surface area (TPSA) is 82.0 Å². The highest BCUT2D eigenvalue weighted by Crippen LogP contribution is 2.29. The van der Waals surface area contributed by atoms with Gasteiger partial charge in [0.2, 0.25) is 4.80 Å². The summed E-state index contributed by atoms with van der Waals surface area (Å²) in [6.45, 7) is 5.51. The molecule has 1 aromatic carbocycles. The Bertz CT molecular complexity index is 1200. The van der Waals surface area contributed by atoms with Crippen LogP contribution in [0, 0.1) is 0 Å². The van der Waals surface area contributed by atoms with Crippen LogP contribution in [0.5, 0.6) is 0 Å². The van der Waals surface area contributed by atoms with E-state index < -0.39 is 0 Å². The number of fused-ring (bicyclic) bond motifs is 3. The lowest BCUT2D eigenvalue weighted by Gasteiger charge is -2.29. The van der Waals surface area contributed by atoms with Gasteiger partial charge in [0.05, 0.1) is 5.57 Å². The van der Waals surface area contributed by atoms with E-state index in [4.69, 9.17) is 17.2 Å². The van der Waals surface area contributed by atoms with Crippen LogP contribution in [-0.4, -0.2) is 50.9 Å². The zero-order valence-electron chi connectivity index (χ0n) is 15.3. The highest BCUT2D eigenvalue weighted by Gasteiger charge is 2.44. The van der Waals surface area contributed by atoms with Gasteiger partial charge in [0.15, 0.2) is 17.4 Å². The molecule has 2 unspecified atom stereocenters. The molecule has 0 radical (unpaired) electrons. The van der Waals surface area contributed by atoms with Crippen LogP contribution in [0.15, 0.2) is 34.1 Å². The third-order valence-electron chi connectivity index (χ3n) is 5.30. The summed E-state index contributed by atoms with van der Waals surface area (Å²) in [5.41, 5.74) is 4.89. The van der Waals surface area contributed by atoms with Crippen molar-refractivity contribution in [3.8, 4) is 0 Å². The number of hydrogen-bond donors (Lipinski definition) is 2. The predicted molar refractivity (Wildman–Crippen MR) is 111 cm³/mol. The lowest BCUT2D eigenvalue weighted by atomic mass is 10.1. The molecule has 2 aromatic rings. The first-order valence-corrected chi connectivity index (χ1v) is 10.4. The maximum atomic E-state index is 13.2. The Morgan fingerprint density at radius 3 is 2.68 bits per heavy atom. The van der Waals surface area contributed by atoms with Crippen molar-refractivity contribution < 1.29 is 4.79 Å². The Kier molecular flexibility index (Phi) is 3.81. The molecule has 0 bridgehead atoms. The zero-order chi connectivity index (χ0) is 19.6. The number of rotatable bonds is 2. The molecular weight excluding hydrogens is 396 g/mol. The van der Waals surface area contributed by atoms with Crippen molar-refractivity contribution in [2.24, 2.45) is 4.99 Å². The van der Waals surface area contributed by atoms with Gasteiger partial charge >= 0.3 is 0 Å². The number of anilines is 1. The first-order valence-electron chi connectivity index (χ1n) is 9.13. The zero-order valence-corrected chi connectivity index (χ0v) is 16.9. The van der Waals surface area contributed by atoms with E-state index >= 15 is 0 Å². The molecule has 1 fully saturated rings. The molecule has 3 aliphatic rings. The van der Waals surface area contributed by atoms with Gasteiger partial charge in [-0.2, -0.15) is 4.68 Å². The molecule has 2 atom stereocenters. The lowest BCUT2D eigenvalue weighted by Crippen LogP contribution is -2.55. The third kappa shape index (κ3) is 2.21.